The van der Waals surface area contributed by atoms with Crippen molar-refractivity contribution in [2.24, 2.45) is 34.5 Å². The molecular weight excluding hydrogens is 442 g/mol. The topological polar surface area (TPSA) is 90.3 Å². The van der Waals surface area contributed by atoms with Gasteiger partial charge in [0.25, 0.3) is 5.91 Å². The predicted molar refractivity (Wildman–Crippen MR) is 135 cm³/mol. The summed E-state index contributed by atoms with van der Waals surface area (Å²) >= 11 is 0. The molecule has 0 aromatic carbocycles. The highest BCUT2D eigenvalue weighted by atomic mass is 16.5. The number of ketones is 2. The average molecular weight is 484 g/mol. The van der Waals surface area contributed by atoms with E-state index in [1.807, 2.05) is 13.8 Å². The Bertz CT molecular complexity index is 1010. The summed E-state index contributed by atoms with van der Waals surface area (Å²) in [6, 6.07) is 0.132. The van der Waals surface area contributed by atoms with Crippen LogP contribution in [0.5, 0.6) is 5.88 Å². The molecule has 7 heteroatoms. The minimum atomic E-state index is -0.639. The van der Waals surface area contributed by atoms with Gasteiger partial charge in [-0.05, 0) is 88.9 Å². The summed E-state index contributed by atoms with van der Waals surface area (Å²) in [5.74, 6) is 2.40. The minimum Gasteiger partial charge on any atom is -0.477 e. The van der Waals surface area contributed by atoms with Gasteiger partial charge in [0, 0.05) is 24.1 Å². The van der Waals surface area contributed by atoms with E-state index in [9.17, 15) is 14.4 Å². The summed E-state index contributed by atoms with van der Waals surface area (Å²) in [6.07, 6.45) is 11.2. The monoisotopic (exact) mass is 483 g/mol. The Kier molecular flexibility index (Phi) is 7.00. The third kappa shape index (κ3) is 5.39. The standard InChI is InChI=1S/C28H41N3O4/c1-17(2)16-35-26-23(15-29-31(26)8-7-27(5,6)19(4)33)25(34)30-24-21-9-20-10-22(24)14-28(12-20,13-21)11-18(3)32/h7-8,15,17,20-22,24H,9-14,16H2,1-6H3,(H,30,34)/b8-7+. The van der Waals surface area contributed by atoms with Gasteiger partial charge in [-0.15, -0.1) is 0 Å². The van der Waals surface area contributed by atoms with Crippen LogP contribution in [-0.2, 0) is 9.59 Å². The van der Waals surface area contributed by atoms with Crippen LogP contribution in [0, 0.1) is 34.5 Å². The molecule has 1 amide bonds. The molecule has 0 saturated heterocycles. The Balaban J connectivity index is 1.53. The van der Waals surface area contributed by atoms with E-state index in [0.29, 0.717) is 42.2 Å². The van der Waals surface area contributed by atoms with E-state index >= 15 is 0 Å². The van der Waals surface area contributed by atoms with Gasteiger partial charge in [-0.3, -0.25) is 9.59 Å². The maximum atomic E-state index is 13.5. The van der Waals surface area contributed by atoms with Crippen LogP contribution in [0.15, 0.2) is 12.3 Å². The maximum absolute atomic E-state index is 13.5. The molecule has 4 saturated carbocycles. The lowest BCUT2D eigenvalue weighted by Gasteiger charge is -2.60. The number of ether oxygens (including phenoxy) is 1. The van der Waals surface area contributed by atoms with Crippen molar-refractivity contribution in [1.82, 2.24) is 15.1 Å². The number of nitrogens with one attached hydrogen (secondary N) is 1. The van der Waals surface area contributed by atoms with Gasteiger partial charge >= 0.3 is 0 Å². The zero-order chi connectivity index (χ0) is 25.5. The van der Waals surface area contributed by atoms with E-state index in [2.05, 4.69) is 24.3 Å². The second-order valence-electron chi connectivity index (χ2n) is 12.5. The van der Waals surface area contributed by atoms with Crippen LogP contribution in [-0.4, -0.2) is 39.9 Å². The Labute approximate surface area is 209 Å². The summed E-state index contributed by atoms with van der Waals surface area (Å²) < 4.78 is 7.61. The lowest BCUT2D eigenvalue weighted by Crippen LogP contribution is -2.59. The normalized spacial score (nSPS) is 29.7. The Morgan fingerprint density at radius 2 is 1.86 bits per heavy atom. The van der Waals surface area contributed by atoms with Crippen LogP contribution >= 0.6 is 0 Å². The van der Waals surface area contributed by atoms with E-state index in [4.69, 9.17) is 4.74 Å². The first-order valence-electron chi connectivity index (χ1n) is 13.1. The summed E-state index contributed by atoms with van der Waals surface area (Å²) in [6.45, 7) is 11.5. The van der Waals surface area contributed by atoms with Crippen LogP contribution in [0.2, 0.25) is 0 Å². The molecule has 1 aromatic heterocycles. The smallest absolute Gasteiger partial charge is 0.258 e. The molecule has 1 N–H and O–H groups in total. The molecule has 5 rings (SSSR count). The molecule has 4 aliphatic rings. The number of hydrogen-bond acceptors (Lipinski definition) is 5. The number of Topliss-reactive ketones (excluding diaryl/α,β-unsaturated/α-hetero) is 2. The molecule has 0 aliphatic heterocycles. The van der Waals surface area contributed by atoms with E-state index in [-0.39, 0.29) is 34.8 Å². The van der Waals surface area contributed by atoms with Crippen LogP contribution in [0.3, 0.4) is 0 Å². The molecule has 2 atom stereocenters. The van der Waals surface area contributed by atoms with Crippen molar-refractivity contribution in [3.8, 4) is 5.88 Å². The van der Waals surface area contributed by atoms with Gasteiger partial charge in [-0.1, -0.05) is 19.9 Å². The number of nitrogens with zero attached hydrogens (tertiary/aromatic N) is 2. The largest absolute Gasteiger partial charge is 0.477 e. The van der Waals surface area contributed by atoms with Gasteiger partial charge in [0.05, 0.1) is 12.8 Å². The Hall–Kier alpha value is -2.44. The molecule has 0 radical (unpaired) electrons. The van der Waals surface area contributed by atoms with Crippen molar-refractivity contribution >= 4 is 23.7 Å². The quantitative estimate of drug-likeness (QED) is 0.511. The highest BCUT2D eigenvalue weighted by molar-refractivity contribution is 5.96. The Morgan fingerprint density at radius 1 is 1.20 bits per heavy atom. The molecule has 4 fully saturated rings. The van der Waals surface area contributed by atoms with E-state index < -0.39 is 5.41 Å². The van der Waals surface area contributed by atoms with Crippen molar-refractivity contribution < 1.29 is 19.1 Å². The lowest BCUT2D eigenvalue weighted by molar-refractivity contribution is -0.127. The van der Waals surface area contributed by atoms with Crippen molar-refractivity contribution in [2.45, 2.75) is 86.1 Å². The van der Waals surface area contributed by atoms with Crippen LogP contribution in [0.1, 0.15) is 90.4 Å². The van der Waals surface area contributed by atoms with Gasteiger partial charge in [-0.2, -0.15) is 5.10 Å². The SMILES string of the molecule is CC(=O)CC12CC3CC(C1)C(NC(=O)c1cnn(/C=C/C(C)(C)C(C)=O)c1OCC(C)C)C(C3)C2. The molecule has 2 unspecified atom stereocenters. The molecule has 0 spiro atoms. The molecule has 1 aromatic rings. The van der Waals surface area contributed by atoms with Crippen molar-refractivity contribution in [3.63, 3.8) is 0 Å². The van der Waals surface area contributed by atoms with Gasteiger partial charge in [0.2, 0.25) is 5.88 Å². The van der Waals surface area contributed by atoms with E-state index in [1.54, 1.807) is 37.0 Å². The summed E-state index contributed by atoms with van der Waals surface area (Å²) in [7, 11) is 0. The van der Waals surface area contributed by atoms with Gasteiger partial charge in [0.15, 0.2) is 0 Å². The van der Waals surface area contributed by atoms with E-state index in [0.717, 1.165) is 25.7 Å². The molecular formula is C28H41N3O4. The van der Waals surface area contributed by atoms with Gasteiger partial charge in [0.1, 0.15) is 17.1 Å². The molecule has 4 aliphatic carbocycles. The fraction of sp³-hybridized carbons (Fsp3) is 0.714. The zero-order valence-corrected chi connectivity index (χ0v) is 22.1. The Morgan fingerprint density at radius 3 is 2.43 bits per heavy atom. The molecule has 35 heavy (non-hydrogen) atoms. The third-order valence-corrected chi connectivity index (χ3v) is 8.41. The van der Waals surface area contributed by atoms with Crippen molar-refractivity contribution in [2.75, 3.05) is 6.61 Å². The summed E-state index contributed by atoms with van der Waals surface area (Å²) in [5, 5.41) is 7.75. The highest BCUT2D eigenvalue weighted by Gasteiger charge is 2.55. The second kappa shape index (κ2) is 9.55. The van der Waals surface area contributed by atoms with Crippen molar-refractivity contribution in [1.29, 1.82) is 0 Å². The highest BCUT2D eigenvalue weighted by Crippen LogP contribution is 2.61. The first-order chi connectivity index (χ1) is 16.4. The summed E-state index contributed by atoms with van der Waals surface area (Å²) in [5.41, 5.74) is -0.0723. The molecule has 7 nitrogen and oxygen atoms in total. The number of amides is 1. The fourth-order valence-corrected chi connectivity index (χ4v) is 6.78. The van der Waals surface area contributed by atoms with Gasteiger partial charge < -0.3 is 14.8 Å². The van der Waals surface area contributed by atoms with Crippen LogP contribution in [0.4, 0.5) is 0 Å². The number of allylic oxidation sites excluding steroid dienone is 1. The number of carbonyl (C=O) groups is 3. The number of carbonyl (C=O) groups excluding carboxylic acids is 3. The van der Waals surface area contributed by atoms with Crippen molar-refractivity contribution in [3.05, 3.63) is 17.8 Å². The molecule has 4 bridgehead atoms. The summed E-state index contributed by atoms with van der Waals surface area (Å²) in [4.78, 5) is 37.4. The van der Waals surface area contributed by atoms with E-state index in [1.165, 1.54) is 6.42 Å². The number of rotatable bonds is 10. The average Bonchev–Trinajstić information content (AvgIpc) is 3.14. The van der Waals surface area contributed by atoms with Crippen LogP contribution in [0.25, 0.3) is 6.20 Å². The zero-order valence-electron chi connectivity index (χ0n) is 22.1. The van der Waals surface area contributed by atoms with Gasteiger partial charge in [-0.25, -0.2) is 4.68 Å². The number of aromatic nitrogens is 2. The maximum Gasteiger partial charge on any atom is 0.258 e. The second-order valence-corrected chi connectivity index (χ2v) is 12.5. The fourth-order valence-electron chi connectivity index (χ4n) is 6.78. The third-order valence-electron chi connectivity index (χ3n) is 8.41. The van der Waals surface area contributed by atoms with Crippen LogP contribution < -0.4 is 10.1 Å². The molecule has 192 valence electrons. The predicted octanol–water partition coefficient (Wildman–Crippen LogP) is 4.91. The minimum absolute atomic E-state index is 0.0490. The lowest BCUT2D eigenvalue weighted by atomic mass is 9.47. The first-order valence-corrected chi connectivity index (χ1v) is 13.1. The first kappa shape index (κ1) is 25.6. The molecule has 1 heterocycles. The number of hydrogen-bond donors (Lipinski definition) is 1.